The van der Waals surface area contributed by atoms with Crippen LogP contribution >= 0.6 is 0 Å². The molecular formula is C15H20N2O3. The van der Waals surface area contributed by atoms with Crippen molar-refractivity contribution in [3.63, 3.8) is 0 Å². The number of benzene rings is 1. The predicted octanol–water partition coefficient (Wildman–Crippen LogP) is 2.03. The molecule has 0 atom stereocenters. The Morgan fingerprint density at radius 2 is 2.25 bits per heavy atom. The van der Waals surface area contributed by atoms with Gasteiger partial charge < -0.3 is 20.4 Å². The number of aryl methyl sites for hydroxylation is 1. The summed E-state index contributed by atoms with van der Waals surface area (Å²) >= 11 is 0. The Morgan fingerprint density at radius 3 is 2.85 bits per heavy atom. The molecule has 0 saturated heterocycles. The van der Waals surface area contributed by atoms with Crippen LogP contribution in [0.2, 0.25) is 0 Å². The Balaban J connectivity index is 3.00. The van der Waals surface area contributed by atoms with Crippen LogP contribution in [0.5, 0.6) is 5.75 Å². The molecular weight excluding hydrogens is 256 g/mol. The van der Waals surface area contributed by atoms with Crippen molar-refractivity contribution in [1.82, 2.24) is 0 Å². The maximum absolute atomic E-state index is 8.75. The molecule has 20 heavy (non-hydrogen) atoms. The quantitative estimate of drug-likeness (QED) is 0.199. The molecule has 0 aliphatic carbocycles. The van der Waals surface area contributed by atoms with Gasteiger partial charge in [0, 0.05) is 24.7 Å². The minimum Gasteiger partial charge on any atom is -0.493 e. The first kappa shape index (κ1) is 15.9. The molecule has 0 aliphatic heterocycles. The first-order valence-electron chi connectivity index (χ1n) is 6.30. The van der Waals surface area contributed by atoms with Gasteiger partial charge >= 0.3 is 0 Å². The molecule has 0 heterocycles. The zero-order valence-electron chi connectivity index (χ0n) is 11.8. The van der Waals surface area contributed by atoms with Gasteiger partial charge in [0.15, 0.2) is 5.84 Å². The van der Waals surface area contributed by atoms with E-state index in [9.17, 15) is 0 Å². The van der Waals surface area contributed by atoms with Gasteiger partial charge in [-0.15, -0.1) is 12.3 Å². The standard InChI is InChI=1S/C15H20N2O3/c1-4-5-6-7-20-14-11(2)8-12(15(16)17-18)9-13(14)10-19-3/h1,8-9,18H,5-7,10H2,2-3H3,(H2,16,17). The molecule has 0 aromatic heterocycles. The van der Waals surface area contributed by atoms with E-state index in [-0.39, 0.29) is 5.84 Å². The van der Waals surface area contributed by atoms with Crippen molar-refractivity contribution < 1.29 is 14.7 Å². The Hall–Kier alpha value is -2.19. The van der Waals surface area contributed by atoms with Gasteiger partial charge in [-0.1, -0.05) is 5.16 Å². The molecule has 5 heteroatoms. The second kappa shape index (κ2) is 8.08. The van der Waals surface area contributed by atoms with Crippen LogP contribution in [0.4, 0.5) is 0 Å². The molecule has 0 aliphatic rings. The van der Waals surface area contributed by atoms with E-state index >= 15 is 0 Å². The van der Waals surface area contributed by atoms with Crippen LogP contribution in [0.25, 0.3) is 0 Å². The van der Waals surface area contributed by atoms with Gasteiger partial charge in [-0.2, -0.15) is 0 Å². The molecule has 0 unspecified atom stereocenters. The highest BCUT2D eigenvalue weighted by Crippen LogP contribution is 2.26. The molecule has 0 spiro atoms. The average molecular weight is 276 g/mol. The van der Waals surface area contributed by atoms with Crippen molar-refractivity contribution >= 4 is 5.84 Å². The minimum atomic E-state index is 0.0596. The number of hydrogen-bond donors (Lipinski definition) is 2. The summed E-state index contributed by atoms with van der Waals surface area (Å²) < 4.78 is 10.9. The Bertz CT molecular complexity index is 519. The average Bonchev–Trinajstić information content (AvgIpc) is 2.44. The van der Waals surface area contributed by atoms with Crippen LogP contribution in [-0.2, 0) is 11.3 Å². The lowest BCUT2D eigenvalue weighted by Crippen LogP contribution is -2.14. The number of hydrogen-bond acceptors (Lipinski definition) is 4. The first-order chi connectivity index (χ1) is 9.63. The van der Waals surface area contributed by atoms with Crippen LogP contribution in [0.1, 0.15) is 29.5 Å². The topological polar surface area (TPSA) is 77.1 Å². The van der Waals surface area contributed by atoms with E-state index in [0.717, 1.165) is 23.3 Å². The van der Waals surface area contributed by atoms with Crippen LogP contribution in [0.3, 0.4) is 0 Å². The summed E-state index contributed by atoms with van der Waals surface area (Å²) in [6, 6.07) is 3.60. The Morgan fingerprint density at radius 1 is 1.50 bits per heavy atom. The van der Waals surface area contributed by atoms with E-state index < -0.39 is 0 Å². The normalized spacial score (nSPS) is 11.2. The van der Waals surface area contributed by atoms with Crippen LogP contribution in [0, 0.1) is 19.3 Å². The molecule has 5 nitrogen and oxygen atoms in total. The maximum atomic E-state index is 8.75. The number of rotatable bonds is 7. The van der Waals surface area contributed by atoms with Gasteiger partial charge in [-0.3, -0.25) is 0 Å². The summed E-state index contributed by atoms with van der Waals surface area (Å²) in [5.74, 6) is 3.40. The van der Waals surface area contributed by atoms with Gasteiger partial charge in [0.05, 0.1) is 13.2 Å². The van der Waals surface area contributed by atoms with Gasteiger partial charge in [-0.05, 0) is 31.0 Å². The minimum absolute atomic E-state index is 0.0596. The van der Waals surface area contributed by atoms with E-state index in [1.54, 1.807) is 13.2 Å². The largest absolute Gasteiger partial charge is 0.493 e. The number of methoxy groups -OCH3 is 1. The molecule has 108 valence electrons. The molecule has 0 bridgehead atoms. The number of nitrogens with two attached hydrogens (primary N) is 1. The van der Waals surface area contributed by atoms with Gasteiger partial charge in [0.25, 0.3) is 0 Å². The van der Waals surface area contributed by atoms with Crippen molar-refractivity contribution in [2.75, 3.05) is 13.7 Å². The zero-order chi connectivity index (χ0) is 15.0. The maximum Gasteiger partial charge on any atom is 0.170 e. The van der Waals surface area contributed by atoms with Crippen LogP contribution in [-0.4, -0.2) is 24.8 Å². The fourth-order valence-corrected chi connectivity index (χ4v) is 1.87. The van der Waals surface area contributed by atoms with E-state index in [1.807, 2.05) is 13.0 Å². The third-order valence-corrected chi connectivity index (χ3v) is 2.77. The highest BCUT2D eigenvalue weighted by Gasteiger charge is 2.12. The molecule has 0 radical (unpaired) electrons. The summed E-state index contributed by atoms with van der Waals surface area (Å²) in [6.07, 6.45) is 6.69. The lowest BCUT2D eigenvalue weighted by atomic mass is 10.0. The number of nitrogens with zero attached hydrogens (tertiary/aromatic N) is 1. The third-order valence-electron chi connectivity index (χ3n) is 2.77. The van der Waals surface area contributed by atoms with Crippen LogP contribution in [0.15, 0.2) is 17.3 Å². The smallest absolute Gasteiger partial charge is 0.170 e. The zero-order valence-corrected chi connectivity index (χ0v) is 11.8. The van der Waals surface area contributed by atoms with Gasteiger partial charge in [0.2, 0.25) is 0 Å². The molecule has 0 fully saturated rings. The fourth-order valence-electron chi connectivity index (χ4n) is 1.87. The number of unbranched alkanes of at least 4 members (excludes halogenated alkanes) is 1. The summed E-state index contributed by atoms with van der Waals surface area (Å²) in [5, 5.41) is 11.8. The molecule has 3 N–H and O–H groups in total. The van der Waals surface area contributed by atoms with Crippen molar-refractivity contribution in [2.24, 2.45) is 10.9 Å². The Labute approximate surface area is 119 Å². The monoisotopic (exact) mass is 276 g/mol. The number of amidine groups is 1. The van der Waals surface area contributed by atoms with Crippen LogP contribution < -0.4 is 10.5 Å². The fraction of sp³-hybridized carbons (Fsp3) is 0.400. The van der Waals surface area contributed by atoms with Gasteiger partial charge in [0.1, 0.15) is 5.75 Å². The second-order valence-electron chi connectivity index (χ2n) is 4.36. The molecule has 1 aromatic rings. The molecule has 0 saturated carbocycles. The summed E-state index contributed by atoms with van der Waals surface area (Å²) in [4.78, 5) is 0. The van der Waals surface area contributed by atoms with E-state index in [0.29, 0.717) is 25.2 Å². The lowest BCUT2D eigenvalue weighted by Gasteiger charge is -2.15. The second-order valence-corrected chi connectivity index (χ2v) is 4.36. The van der Waals surface area contributed by atoms with Crippen molar-refractivity contribution in [2.45, 2.75) is 26.4 Å². The van der Waals surface area contributed by atoms with Crippen molar-refractivity contribution in [3.05, 3.63) is 28.8 Å². The predicted molar refractivity (Wildman–Crippen MR) is 78.0 cm³/mol. The third kappa shape index (κ3) is 4.18. The molecule has 1 aromatic carbocycles. The van der Waals surface area contributed by atoms with E-state index in [4.69, 9.17) is 26.8 Å². The van der Waals surface area contributed by atoms with Gasteiger partial charge in [-0.25, -0.2) is 0 Å². The van der Waals surface area contributed by atoms with E-state index in [1.165, 1.54) is 0 Å². The molecule has 1 rings (SSSR count). The van der Waals surface area contributed by atoms with Crippen molar-refractivity contribution in [3.8, 4) is 18.1 Å². The number of ether oxygens (including phenoxy) is 2. The SMILES string of the molecule is C#CCCCOc1c(C)cc(C(N)=NO)cc1COC. The number of terminal acetylenes is 1. The Kier molecular flexibility index (Phi) is 6.41. The summed E-state index contributed by atoms with van der Waals surface area (Å²) in [7, 11) is 1.60. The highest BCUT2D eigenvalue weighted by atomic mass is 16.5. The highest BCUT2D eigenvalue weighted by molar-refractivity contribution is 5.97. The first-order valence-corrected chi connectivity index (χ1v) is 6.30. The number of oxime groups is 1. The summed E-state index contributed by atoms with van der Waals surface area (Å²) in [5.41, 5.74) is 8.01. The summed E-state index contributed by atoms with van der Waals surface area (Å²) in [6.45, 7) is 2.84. The van der Waals surface area contributed by atoms with E-state index in [2.05, 4.69) is 11.1 Å². The van der Waals surface area contributed by atoms with Crippen molar-refractivity contribution in [1.29, 1.82) is 0 Å². The molecule has 0 amide bonds. The lowest BCUT2D eigenvalue weighted by molar-refractivity contribution is 0.179.